The molecule has 0 spiro atoms. The molecule has 1 aliphatic rings. The largest absolute Gasteiger partial charge is 0.356 e. The summed E-state index contributed by atoms with van der Waals surface area (Å²) >= 11 is 0. The fourth-order valence-electron chi connectivity index (χ4n) is 3.44. The van der Waals surface area contributed by atoms with Crippen molar-refractivity contribution in [2.45, 2.75) is 18.8 Å². The van der Waals surface area contributed by atoms with Gasteiger partial charge >= 0.3 is 0 Å². The summed E-state index contributed by atoms with van der Waals surface area (Å²) in [4.78, 5) is 13.9. The van der Waals surface area contributed by atoms with Crippen LogP contribution in [0.3, 0.4) is 0 Å². The molecule has 1 amide bonds. The molecule has 4 rings (SSSR count). The lowest BCUT2D eigenvalue weighted by Gasteiger charge is -2.31. The van der Waals surface area contributed by atoms with Gasteiger partial charge in [0.1, 0.15) is 23.0 Å². The molecule has 0 radical (unpaired) electrons. The quantitative estimate of drug-likeness (QED) is 0.686. The summed E-state index contributed by atoms with van der Waals surface area (Å²) < 4.78 is 46.1. The van der Waals surface area contributed by atoms with Crippen LogP contribution in [0.5, 0.6) is 0 Å². The lowest BCUT2D eigenvalue weighted by atomic mass is 9.91. The molecule has 0 saturated carbocycles. The van der Waals surface area contributed by atoms with Crippen LogP contribution in [0.25, 0.3) is 11.0 Å². The fraction of sp³-hybridized carbons (Fsp3) is 0.263. The third-order valence-electron chi connectivity index (χ3n) is 4.81. The molecule has 0 atom stereocenters. The molecule has 3 aromatic rings. The second-order valence-electron chi connectivity index (χ2n) is 6.37. The molecule has 0 bridgehead atoms. The topological polar surface area (TPSA) is 46.3 Å². The van der Waals surface area contributed by atoms with Crippen molar-refractivity contribution in [1.82, 2.24) is 10.1 Å². The summed E-state index contributed by atoms with van der Waals surface area (Å²) in [5.74, 6) is -2.72. The molecule has 0 N–H and O–H groups in total. The molecular formula is C19H15F3N2O2. The highest BCUT2D eigenvalue weighted by atomic mass is 19.1. The van der Waals surface area contributed by atoms with E-state index in [1.165, 1.54) is 23.1 Å². The van der Waals surface area contributed by atoms with Gasteiger partial charge < -0.3 is 9.42 Å². The lowest BCUT2D eigenvalue weighted by molar-refractivity contribution is 0.0702. The van der Waals surface area contributed by atoms with Crippen molar-refractivity contribution in [3.8, 4) is 0 Å². The number of benzene rings is 2. The number of hydrogen-bond acceptors (Lipinski definition) is 3. The van der Waals surface area contributed by atoms with Gasteiger partial charge in [0.05, 0.1) is 5.69 Å². The average molecular weight is 360 g/mol. The first-order chi connectivity index (χ1) is 12.5. The van der Waals surface area contributed by atoms with E-state index in [-0.39, 0.29) is 5.92 Å². The van der Waals surface area contributed by atoms with Crippen LogP contribution in [0.2, 0.25) is 0 Å². The number of carbonyl (C=O) groups is 1. The van der Waals surface area contributed by atoms with Gasteiger partial charge in [-0.2, -0.15) is 0 Å². The lowest BCUT2D eigenvalue weighted by Crippen LogP contribution is -2.38. The van der Waals surface area contributed by atoms with E-state index >= 15 is 0 Å². The van der Waals surface area contributed by atoms with Gasteiger partial charge in [-0.05, 0) is 37.1 Å². The van der Waals surface area contributed by atoms with Crippen LogP contribution >= 0.6 is 0 Å². The second kappa shape index (κ2) is 6.48. The van der Waals surface area contributed by atoms with Crippen molar-refractivity contribution in [3.63, 3.8) is 0 Å². The molecule has 134 valence electrons. The average Bonchev–Trinajstić information content (AvgIpc) is 3.04. The minimum absolute atomic E-state index is 0.0382. The highest BCUT2D eigenvalue weighted by molar-refractivity contribution is 5.94. The number of fused-ring (bicyclic) bond motifs is 1. The molecule has 1 saturated heterocycles. The van der Waals surface area contributed by atoms with Crippen molar-refractivity contribution in [2.75, 3.05) is 13.1 Å². The zero-order valence-electron chi connectivity index (χ0n) is 13.7. The fourth-order valence-corrected chi connectivity index (χ4v) is 3.44. The first-order valence-electron chi connectivity index (χ1n) is 8.32. The zero-order chi connectivity index (χ0) is 18.3. The van der Waals surface area contributed by atoms with Crippen molar-refractivity contribution in [3.05, 3.63) is 65.1 Å². The summed E-state index contributed by atoms with van der Waals surface area (Å²) in [6.45, 7) is 0.708. The molecule has 4 nitrogen and oxygen atoms in total. The molecule has 7 heteroatoms. The smallest absolute Gasteiger partial charge is 0.259 e. The Morgan fingerprint density at radius 1 is 1.08 bits per heavy atom. The van der Waals surface area contributed by atoms with Gasteiger partial charge in [0.25, 0.3) is 5.91 Å². The van der Waals surface area contributed by atoms with E-state index in [0.717, 1.165) is 23.2 Å². The van der Waals surface area contributed by atoms with Crippen molar-refractivity contribution in [1.29, 1.82) is 0 Å². The molecule has 0 aliphatic carbocycles. The van der Waals surface area contributed by atoms with Crippen LogP contribution in [0.4, 0.5) is 13.2 Å². The van der Waals surface area contributed by atoms with E-state index in [4.69, 9.17) is 4.52 Å². The number of carbonyl (C=O) groups excluding carboxylic acids is 1. The van der Waals surface area contributed by atoms with Crippen LogP contribution in [0.15, 0.2) is 40.9 Å². The Labute approximate surface area is 147 Å². The minimum Gasteiger partial charge on any atom is -0.356 e. The van der Waals surface area contributed by atoms with Crippen LogP contribution in [0, 0.1) is 17.5 Å². The van der Waals surface area contributed by atoms with Gasteiger partial charge in [-0.15, -0.1) is 0 Å². The Hall–Kier alpha value is -2.83. The predicted octanol–water partition coefficient (Wildman–Crippen LogP) is 4.26. The number of likely N-dealkylation sites (tertiary alicyclic amines) is 1. The number of nitrogens with zero attached hydrogens (tertiary/aromatic N) is 2. The van der Waals surface area contributed by atoms with E-state index in [1.807, 2.05) is 0 Å². The monoisotopic (exact) mass is 360 g/mol. The molecule has 2 aromatic carbocycles. The maximum absolute atomic E-state index is 13.8. The highest BCUT2D eigenvalue weighted by Gasteiger charge is 2.30. The summed E-state index contributed by atoms with van der Waals surface area (Å²) in [6.07, 6.45) is 1.17. The van der Waals surface area contributed by atoms with Crippen LogP contribution in [0.1, 0.15) is 34.8 Å². The number of halogens is 3. The van der Waals surface area contributed by atoms with Gasteiger partial charge in [0, 0.05) is 30.5 Å². The number of aromatic nitrogens is 1. The predicted molar refractivity (Wildman–Crippen MR) is 88.2 cm³/mol. The van der Waals surface area contributed by atoms with E-state index < -0.39 is 28.9 Å². The van der Waals surface area contributed by atoms with Gasteiger partial charge in [-0.25, -0.2) is 13.2 Å². The highest BCUT2D eigenvalue weighted by Crippen LogP contribution is 2.33. The van der Waals surface area contributed by atoms with E-state index in [0.29, 0.717) is 31.5 Å². The molecule has 1 aromatic heterocycles. The van der Waals surface area contributed by atoms with Gasteiger partial charge in [0.15, 0.2) is 5.58 Å². The number of hydrogen-bond donors (Lipinski definition) is 0. The third kappa shape index (κ3) is 2.83. The summed E-state index contributed by atoms with van der Waals surface area (Å²) in [6, 6.07) is 7.64. The van der Waals surface area contributed by atoms with E-state index in [9.17, 15) is 18.0 Å². The van der Waals surface area contributed by atoms with E-state index in [1.54, 1.807) is 6.07 Å². The molecule has 26 heavy (non-hydrogen) atoms. The Kier molecular flexibility index (Phi) is 4.14. The first-order valence-corrected chi connectivity index (χ1v) is 8.32. The minimum atomic E-state index is -0.860. The Bertz CT molecular complexity index is 958. The van der Waals surface area contributed by atoms with Crippen LogP contribution in [-0.2, 0) is 0 Å². The molecule has 1 aliphatic heterocycles. The summed E-state index contributed by atoms with van der Waals surface area (Å²) in [5.41, 5.74) is 0.587. The van der Waals surface area contributed by atoms with E-state index in [2.05, 4.69) is 5.16 Å². The van der Waals surface area contributed by atoms with Gasteiger partial charge in [-0.3, -0.25) is 4.79 Å². The summed E-state index contributed by atoms with van der Waals surface area (Å²) in [5, 5.41) is 4.80. The molecular weight excluding hydrogens is 345 g/mol. The van der Waals surface area contributed by atoms with Crippen molar-refractivity contribution in [2.24, 2.45) is 0 Å². The Balaban J connectivity index is 1.51. The third-order valence-corrected chi connectivity index (χ3v) is 4.81. The first kappa shape index (κ1) is 16.6. The molecule has 1 fully saturated rings. The van der Waals surface area contributed by atoms with Crippen molar-refractivity contribution >= 4 is 16.9 Å². The normalized spacial score (nSPS) is 15.6. The standard InChI is InChI=1S/C19H15F3N2O2/c20-12-4-5-13-16(10-12)26-23-18(13)11-6-8-24(9-7-11)19(25)17-14(21)2-1-3-15(17)22/h1-5,10-11H,6-9H2. The Morgan fingerprint density at radius 2 is 1.77 bits per heavy atom. The number of rotatable bonds is 2. The molecule has 0 unspecified atom stereocenters. The maximum Gasteiger partial charge on any atom is 0.259 e. The Morgan fingerprint density at radius 3 is 2.46 bits per heavy atom. The molecule has 2 heterocycles. The van der Waals surface area contributed by atoms with Gasteiger partial charge in [-0.1, -0.05) is 11.2 Å². The SMILES string of the molecule is O=C(c1c(F)cccc1F)N1CCC(c2noc3cc(F)ccc23)CC1. The summed E-state index contributed by atoms with van der Waals surface area (Å²) in [7, 11) is 0. The maximum atomic E-state index is 13.8. The number of piperidine rings is 1. The van der Waals surface area contributed by atoms with Crippen molar-refractivity contribution < 1.29 is 22.5 Å². The number of amides is 1. The zero-order valence-corrected chi connectivity index (χ0v) is 13.7. The second-order valence-corrected chi connectivity index (χ2v) is 6.37. The van der Waals surface area contributed by atoms with Crippen LogP contribution in [-0.4, -0.2) is 29.1 Å². The van der Waals surface area contributed by atoms with Gasteiger partial charge in [0.2, 0.25) is 0 Å². The van der Waals surface area contributed by atoms with Crippen LogP contribution < -0.4 is 0 Å².